The number of nitrogens with one attached hydrogen (secondary N) is 1. The van der Waals surface area contributed by atoms with Crippen molar-refractivity contribution in [3.8, 4) is 0 Å². The summed E-state index contributed by atoms with van der Waals surface area (Å²) in [6.07, 6.45) is 0.708. The van der Waals surface area contributed by atoms with Gasteiger partial charge in [0.1, 0.15) is 0 Å². The summed E-state index contributed by atoms with van der Waals surface area (Å²) in [5.41, 5.74) is 1.48. The van der Waals surface area contributed by atoms with Gasteiger partial charge in [-0.05, 0) is 30.5 Å². The number of hydrogen-bond donors (Lipinski definition) is 2. The number of imide groups is 1. The largest absolute Gasteiger partial charge is 0.478 e. The predicted molar refractivity (Wildman–Crippen MR) is 63.3 cm³/mol. The van der Waals surface area contributed by atoms with Crippen LogP contribution in [0, 0.1) is 6.92 Å². The second kappa shape index (κ2) is 4.60. The first-order valence-electron chi connectivity index (χ1n) is 5.66. The maximum Gasteiger partial charge on any atom is 0.335 e. The van der Waals surface area contributed by atoms with E-state index in [-0.39, 0.29) is 23.8 Å². The minimum atomic E-state index is -1.01. The Morgan fingerprint density at radius 3 is 2.72 bits per heavy atom. The Morgan fingerprint density at radius 1 is 1.39 bits per heavy atom. The zero-order chi connectivity index (χ0) is 13.3. The topological polar surface area (TPSA) is 83.5 Å². The molecule has 2 N–H and O–H groups in total. The molecule has 1 aromatic carbocycles. The summed E-state index contributed by atoms with van der Waals surface area (Å²) in [6.45, 7) is 1.71. The van der Waals surface area contributed by atoms with Crippen molar-refractivity contribution < 1.29 is 19.5 Å². The SMILES string of the molecule is Cc1ccc(C2CCC(=O)NC2=O)cc1C(=O)O. The maximum absolute atomic E-state index is 11.7. The van der Waals surface area contributed by atoms with E-state index in [1.54, 1.807) is 19.1 Å². The molecule has 0 spiro atoms. The van der Waals surface area contributed by atoms with E-state index < -0.39 is 11.9 Å². The standard InChI is InChI=1S/C13H13NO4/c1-7-2-3-8(6-10(7)13(17)18)9-4-5-11(15)14-12(9)16/h2-3,6,9H,4-5H2,1H3,(H,17,18)(H,14,15,16). The van der Waals surface area contributed by atoms with E-state index in [2.05, 4.69) is 5.32 Å². The van der Waals surface area contributed by atoms with Crippen LogP contribution < -0.4 is 5.32 Å². The van der Waals surface area contributed by atoms with E-state index in [1.165, 1.54) is 6.07 Å². The van der Waals surface area contributed by atoms with Crippen LogP contribution in [0.3, 0.4) is 0 Å². The number of aryl methyl sites for hydroxylation is 1. The minimum absolute atomic E-state index is 0.192. The van der Waals surface area contributed by atoms with Gasteiger partial charge in [0.2, 0.25) is 11.8 Å². The molecule has 0 aliphatic carbocycles. The summed E-state index contributed by atoms with van der Waals surface area (Å²) in [7, 11) is 0. The first-order valence-corrected chi connectivity index (χ1v) is 5.66. The van der Waals surface area contributed by atoms with Crippen LogP contribution in [0.4, 0.5) is 0 Å². The molecule has 5 heteroatoms. The Bertz CT molecular complexity index is 536. The van der Waals surface area contributed by atoms with Gasteiger partial charge in [-0.15, -0.1) is 0 Å². The number of carbonyl (C=O) groups excluding carboxylic acids is 2. The summed E-state index contributed by atoms with van der Waals surface area (Å²) in [5, 5.41) is 11.3. The molecular formula is C13H13NO4. The second-order valence-electron chi connectivity index (χ2n) is 4.38. The fourth-order valence-electron chi connectivity index (χ4n) is 2.10. The molecule has 1 atom stereocenters. The fraction of sp³-hybridized carbons (Fsp3) is 0.308. The van der Waals surface area contributed by atoms with Crippen molar-refractivity contribution in [2.24, 2.45) is 0 Å². The third-order valence-corrected chi connectivity index (χ3v) is 3.13. The molecular weight excluding hydrogens is 234 g/mol. The van der Waals surface area contributed by atoms with Crippen molar-refractivity contribution in [2.75, 3.05) is 0 Å². The first kappa shape index (κ1) is 12.3. The van der Waals surface area contributed by atoms with Gasteiger partial charge in [-0.25, -0.2) is 4.79 Å². The number of carboxylic acids is 1. The van der Waals surface area contributed by atoms with E-state index >= 15 is 0 Å². The molecule has 1 fully saturated rings. The number of aromatic carboxylic acids is 1. The highest BCUT2D eigenvalue weighted by Crippen LogP contribution is 2.26. The Labute approximate surface area is 104 Å². The molecule has 5 nitrogen and oxygen atoms in total. The Morgan fingerprint density at radius 2 is 2.11 bits per heavy atom. The molecule has 1 aliphatic heterocycles. The van der Waals surface area contributed by atoms with Crippen molar-refractivity contribution in [2.45, 2.75) is 25.7 Å². The first-order chi connectivity index (χ1) is 8.49. The lowest BCUT2D eigenvalue weighted by Crippen LogP contribution is -2.39. The predicted octanol–water partition coefficient (Wildman–Crippen LogP) is 1.21. The van der Waals surface area contributed by atoms with Crippen molar-refractivity contribution in [3.05, 3.63) is 34.9 Å². The van der Waals surface area contributed by atoms with Gasteiger partial charge in [0.05, 0.1) is 11.5 Å². The Kier molecular flexibility index (Phi) is 3.14. The summed E-state index contributed by atoms with van der Waals surface area (Å²) in [4.78, 5) is 33.8. The van der Waals surface area contributed by atoms with Crippen LogP contribution in [0.1, 0.15) is 40.2 Å². The van der Waals surface area contributed by atoms with Crippen LogP contribution >= 0.6 is 0 Å². The number of amides is 2. The minimum Gasteiger partial charge on any atom is -0.478 e. The van der Waals surface area contributed by atoms with Crippen molar-refractivity contribution >= 4 is 17.8 Å². The molecule has 2 rings (SSSR count). The van der Waals surface area contributed by atoms with Gasteiger partial charge in [-0.1, -0.05) is 12.1 Å². The Balaban J connectivity index is 2.34. The number of carboxylic acid groups (broad SMARTS) is 1. The molecule has 0 bridgehead atoms. The monoisotopic (exact) mass is 247 g/mol. The van der Waals surface area contributed by atoms with Crippen molar-refractivity contribution in [1.29, 1.82) is 0 Å². The van der Waals surface area contributed by atoms with Gasteiger partial charge in [-0.3, -0.25) is 14.9 Å². The third-order valence-electron chi connectivity index (χ3n) is 3.13. The molecule has 0 aromatic heterocycles. The van der Waals surface area contributed by atoms with Crippen LogP contribution in [-0.2, 0) is 9.59 Å². The quantitative estimate of drug-likeness (QED) is 0.769. The van der Waals surface area contributed by atoms with E-state index in [9.17, 15) is 14.4 Å². The fourth-order valence-corrected chi connectivity index (χ4v) is 2.10. The van der Waals surface area contributed by atoms with Crippen LogP contribution in [0.2, 0.25) is 0 Å². The molecule has 1 unspecified atom stereocenters. The lowest BCUT2D eigenvalue weighted by molar-refractivity contribution is -0.134. The molecule has 1 aromatic rings. The van der Waals surface area contributed by atoms with Gasteiger partial charge in [0.15, 0.2) is 0 Å². The van der Waals surface area contributed by atoms with Crippen molar-refractivity contribution in [3.63, 3.8) is 0 Å². The normalized spacial score (nSPS) is 19.5. The average Bonchev–Trinajstić information content (AvgIpc) is 2.30. The lowest BCUT2D eigenvalue weighted by Gasteiger charge is -2.21. The number of carbonyl (C=O) groups is 3. The van der Waals surface area contributed by atoms with E-state index in [1.807, 2.05) is 0 Å². The molecule has 0 radical (unpaired) electrons. The van der Waals surface area contributed by atoms with Crippen molar-refractivity contribution in [1.82, 2.24) is 5.32 Å². The van der Waals surface area contributed by atoms with Gasteiger partial charge in [0.25, 0.3) is 0 Å². The zero-order valence-electron chi connectivity index (χ0n) is 9.90. The molecule has 1 heterocycles. The number of piperidine rings is 1. The van der Waals surface area contributed by atoms with Crippen LogP contribution in [-0.4, -0.2) is 22.9 Å². The highest BCUT2D eigenvalue weighted by Gasteiger charge is 2.28. The Hall–Kier alpha value is -2.17. The zero-order valence-corrected chi connectivity index (χ0v) is 9.90. The average molecular weight is 247 g/mol. The van der Waals surface area contributed by atoms with E-state index in [0.29, 0.717) is 17.5 Å². The molecule has 0 saturated carbocycles. The molecule has 1 aliphatic rings. The lowest BCUT2D eigenvalue weighted by atomic mass is 9.88. The molecule has 1 saturated heterocycles. The van der Waals surface area contributed by atoms with E-state index in [4.69, 9.17) is 5.11 Å². The van der Waals surface area contributed by atoms with Gasteiger partial charge in [0, 0.05) is 6.42 Å². The summed E-state index contributed by atoms with van der Waals surface area (Å²) in [6, 6.07) is 4.93. The number of rotatable bonds is 2. The van der Waals surface area contributed by atoms with Gasteiger partial charge >= 0.3 is 5.97 Å². The molecule has 94 valence electrons. The summed E-state index contributed by atoms with van der Waals surface area (Å²) >= 11 is 0. The maximum atomic E-state index is 11.7. The molecule has 2 amide bonds. The number of hydrogen-bond acceptors (Lipinski definition) is 3. The van der Waals surface area contributed by atoms with Crippen LogP contribution in [0.15, 0.2) is 18.2 Å². The smallest absolute Gasteiger partial charge is 0.335 e. The van der Waals surface area contributed by atoms with Crippen LogP contribution in [0.5, 0.6) is 0 Å². The number of benzene rings is 1. The molecule has 18 heavy (non-hydrogen) atoms. The highest BCUT2D eigenvalue weighted by molar-refractivity contribution is 6.01. The van der Waals surface area contributed by atoms with Crippen LogP contribution in [0.25, 0.3) is 0 Å². The second-order valence-corrected chi connectivity index (χ2v) is 4.38. The van der Waals surface area contributed by atoms with E-state index in [0.717, 1.165) is 0 Å². The summed E-state index contributed by atoms with van der Waals surface area (Å²) < 4.78 is 0. The third kappa shape index (κ3) is 2.25. The van der Waals surface area contributed by atoms with Gasteiger partial charge < -0.3 is 5.11 Å². The summed E-state index contributed by atoms with van der Waals surface area (Å²) in [5.74, 6) is -2.09. The van der Waals surface area contributed by atoms with Gasteiger partial charge in [-0.2, -0.15) is 0 Å². The highest BCUT2D eigenvalue weighted by atomic mass is 16.4.